The molecule has 1 aliphatic heterocycles. The summed E-state index contributed by atoms with van der Waals surface area (Å²) in [5, 5.41) is 1.01. The summed E-state index contributed by atoms with van der Waals surface area (Å²) in [7, 11) is -3.61. The summed E-state index contributed by atoms with van der Waals surface area (Å²) in [4.78, 5) is 17.3. The van der Waals surface area contributed by atoms with Crippen molar-refractivity contribution in [1.29, 1.82) is 0 Å². The standard InChI is InChI=1S/C20H20ClN3O3S/c1-14-6-7-16(12-18(14)21)28(26,27)23-10-8-15(9-11-23)24-13-22-19-5-3-2-4-17(19)20(24)25/h2-7,12-13,15H,8-11H2,1H3. The van der Waals surface area contributed by atoms with Crippen molar-refractivity contribution in [2.75, 3.05) is 13.1 Å². The van der Waals surface area contributed by atoms with Gasteiger partial charge in [0.15, 0.2) is 0 Å². The molecule has 1 aliphatic rings. The Balaban J connectivity index is 1.55. The van der Waals surface area contributed by atoms with E-state index in [9.17, 15) is 13.2 Å². The second-order valence-corrected chi connectivity index (χ2v) is 9.37. The molecule has 4 rings (SSSR count). The van der Waals surface area contributed by atoms with E-state index in [1.54, 1.807) is 29.1 Å². The highest BCUT2D eigenvalue weighted by Crippen LogP contribution is 2.28. The number of piperidine rings is 1. The maximum absolute atomic E-state index is 12.9. The predicted octanol–water partition coefficient (Wildman–Crippen LogP) is 3.38. The largest absolute Gasteiger partial charge is 0.296 e. The second kappa shape index (κ2) is 7.31. The number of rotatable bonds is 3. The molecule has 6 nitrogen and oxygen atoms in total. The van der Waals surface area contributed by atoms with Crippen LogP contribution in [0.3, 0.4) is 0 Å². The summed E-state index contributed by atoms with van der Waals surface area (Å²) in [6, 6.07) is 12.0. The Bertz CT molecular complexity index is 1200. The van der Waals surface area contributed by atoms with Gasteiger partial charge in [-0.25, -0.2) is 13.4 Å². The highest BCUT2D eigenvalue weighted by Gasteiger charge is 2.30. The Morgan fingerprint density at radius 3 is 2.54 bits per heavy atom. The number of fused-ring (bicyclic) bond motifs is 1. The molecule has 0 bridgehead atoms. The van der Waals surface area contributed by atoms with E-state index in [1.807, 2.05) is 25.1 Å². The summed E-state index contributed by atoms with van der Waals surface area (Å²) in [5.41, 5.74) is 1.42. The van der Waals surface area contributed by atoms with E-state index < -0.39 is 10.0 Å². The Morgan fingerprint density at radius 2 is 1.82 bits per heavy atom. The lowest BCUT2D eigenvalue weighted by atomic mass is 10.1. The number of sulfonamides is 1. The van der Waals surface area contributed by atoms with Gasteiger partial charge < -0.3 is 0 Å². The van der Waals surface area contributed by atoms with Gasteiger partial charge in [0.2, 0.25) is 10.0 Å². The van der Waals surface area contributed by atoms with Gasteiger partial charge in [-0.1, -0.05) is 29.8 Å². The fraction of sp³-hybridized carbons (Fsp3) is 0.300. The van der Waals surface area contributed by atoms with Crippen LogP contribution >= 0.6 is 11.6 Å². The van der Waals surface area contributed by atoms with E-state index in [2.05, 4.69) is 4.98 Å². The number of halogens is 1. The van der Waals surface area contributed by atoms with Crippen LogP contribution in [-0.2, 0) is 10.0 Å². The molecule has 1 fully saturated rings. The average molecular weight is 418 g/mol. The number of aromatic nitrogens is 2. The van der Waals surface area contributed by atoms with Crippen LogP contribution in [0.5, 0.6) is 0 Å². The van der Waals surface area contributed by atoms with Crippen molar-refractivity contribution in [2.24, 2.45) is 0 Å². The first kappa shape index (κ1) is 19.1. The molecule has 2 heterocycles. The van der Waals surface area contributed by atoms with Crippen LogP contribution in [0.4, 0.5) is 0 Å². The van der Waals surface area contributed by atoms with Crippen molar-refractivity contribution in [3.05, 3.63) is 69.7 Å². The van der Waals surface area contributed by atoms with Gasteiger partial charge in [0.05, 0.1) is 22.1 Å². The fourth-order valence-electron chi connectivity index (χ4n) is 3.59. The van der Waals surface area contributed by atoms with E-state index in [4.69, 9.17) is 11.6 Å². The third-order valence-corrected chi connectivity index (χ3v) is 7.59. The molecule has 0 amide bonds. The Labute approximate surface area is 168 Å². The number of hydrogen-bond acceptors (Lipinski definition) is 4. The van der Waals surface area contributed by atoms with Crippen LogP contribution in [-0.4, -0.2) is 35.4 Å². The van der Waals surface area contributed by atoms with Gasteiger partial charge in [-0.15, -0.1) is 0 Å². The lowest BCUT2D eigenvalue weighted by Crippen LogP contribution is -2.40. The van der Waals surface area contributed by atoms with E-state index in [-0.39, 0.29) is 16.5 Å². The lowest BCUT2D eigenvalue weighted by molar-refractivity contribution is 0.269. The zero-order valence-corrected chi connectivity index (χ0v) is 16.9. The van der Waals surface area contributed by atoms with Gasteiger partial charge in [0.25, 0.3) is 5.56 Å². The first-order chi connectivity index (χ1) is 13.4. The van der Waals surface area contributed by atoms with Crippen LogP contribution in [0.2, 0.25) is 5.02 Å². The molecule has 0 atom stereocenters. The Morgan fingerprint density at radius 1 is 1.11 bits per heavy atom. The molecule has 0 aliphatic carbocycles. The zero-order valence-electron chi connectivity index (χ0n) is 15.4. The van der Waals surface area contributed by atoms with Crippen LogP contribution < -0.4 is 5.56 Å². The smallest absolute Gasteiger partial charge is 0.261 e. The predicted molar refractivity (Wildman–Crippen MR) is 109 cm³/mol. The summed E-state index contributed by atoms with van der Waals surface area (Å²) >= 11 is 6.10. The van der Waals surface area contributed by atoms with Crippen molar-refractivity contribution < 1.29 is 8.42 Å². The number of aryl methyl sites for hydroxylation is 1. The third-order valence-electron chi connectivity index (χ3n) is 5.29. The molecule has 0 N–H and O–H groups in total. The molecular formula is C20H20ClN3O3S. The molecule has 0 unspecified atom stereocenters. The molecule has 1 aromatic heterocycles. The minimum absolute atomic E-state index is 0.0716. The van der Waals surface area contributed by atoms with Gasteiger partial charge in [0, 0.05) is 24.2 Å². The maximum atomic E-state index is 12.9. The van der Waals surface area contributed by atoms with Crippen molar-refractivity contribution in [2.45, 2.75) is 30.7 Å². The van der Waals surface area contributed by atoms with Crippen LogP contribution in [0.25, 0.3) is 10.9 Å². The van der Waals surface area contributed by atoms with E-state index in [1.165, 1.54) is 10.4 Å². The van der Waals surface area contributed by atoms with Crippen molar-refractivity contribution in [3.63, 3.8) is 0 Å². The summed E-state index contributed by atoms with van der Waals surface area (Å²) < 4.78 is 28.9. The van der Waals surface area contributed by atoms with Gasteiger partial charge in [-0.3, -0.25) is 9.36 Å². The highest BCUT2D eigenvalue weighted by molar-refractivity contribution is 7.89. The second-order valence-electron chi connectivity index (χ2n) is 7.02. The molecule has 8 heteroatoms. The minimum Gasteiger partial charge on any atom is -0.296 e. The van der Waals surface area contributed by atoms with Gasteiger partial charge in [0.1, 0.15) is 0 Å². The zero-order chi connectivity index (χ0) is 19.9. The number of nitrogens with zero attached hydrogens (tertiary/aromatic N) is 3. The quantitative estimate of drug-likeness (QED) is 0.654. The number of benzene rings is 2. The molecule has 0 radical (unpaired) electrons. The molecule has 2 aromatic carbocycles. The maximum Gasteiger partial charge on any atom is 0.261 e. The van der Waals surface area contributed by atoms with Crippen LogP contribution in [0, 0.1) is 6.92 Å². The average Bonchev–Trinajstić information content (AvgIpc) is 2.70. The fourth-order valence-corrected chi connectivity index (χ4v) is 5.33. The van der Waals surface area contributed by atoms with Gasteiger partial charge in [-0.05, 0) is 49.6 Å². The lowest BCUT2D eigenvalue weighted by Gasteiger charge is -2.32. The van der Waals surface area contributed by atoms with E-state index >= 15 is 0 Å². The molecule has 0 saturated carbocycles. The molecule has 146 valence electrons. The number of hydrogen-bond donors (Lipinski definition) is 0. The molecule has 3 aromatic rings. The minimum atomic E-state index is -3.61. The van der Waals surface area contributed by atoms with Crippen molar-refractivity contribution >= 4 is 32.5 Å². The Hall–Kier alpha value is -2.22. The molecule has 1 saturated heterocycles. The normalized spacial score (nSPS) is 16.5. The number of para-hydroxylation sites is 1. The first-order valence-electron chi connectivity index (χ1n) is 9.10. The first-order valence-corrected chi connectivity index (χ1v) is 10.9. The monoisotopic (exact) mass is 417 g/mol. The van der Waals surface area contributed by atoms with E-state index in [0.717, 1.165) is 5.56 Å². The van der Waals surface area contributed by atoms with Gasteiger partial charge >= 0.3 is 0 Å². The summed E-state index contributed by atoms with van der Waals surface area (Å²) in [6.45, 7) is 2.52. The Kier molecular flexibility index (Phi) is 4.99. The van der Waals surface area contributed by atoms with Gasteiger partial charge in [-0.2, -0.15) is 4.31 Å². The van der Waals surface area contributed by atoms with Crippen molar-refractivity contribution in [3.8, 4) is 0 Å². The summed E-state index contributed by atoms with van der Waals surface area (Å²) in [6.07, 6.45) is 2.68. The van der Waals surface area contributed by atoms with Crippen molar-refractivity contribution in [1.82, 2.24) is 13.9 Å². The van der Waals surface area contributed by atoms with Crippen LogP contribution in [0.1, 0.15) is 24.4 Å². The topological polar surface area (TPSA) is 72.3 Å². The molecule has 0 spiro atoms. The third kappa shape index (κ3) is 3.34. The molecular weight excluding hydrogens is 398 g/mol. The SMILES string of the molecule is Cc1ccc(S(=O)(=O)N2CCC(n3cnc4ccccc4c3=O)CC2)cc1Cl. The van der Waals surface area contributed by atoms with Crippen LogP contribution in [0.15, 0.2) is 58.5 Å². The summed E-state index contributed by atoms with van der Waals surface area (Å²) in [5.74, 6) is 0. The molecule has 28 heavy (non-hydrogen) atoms. The van der Waals surface area contributed by atoms with E-state index in [0.29, 0.717) is 41.9 Å². The highest BCUT2D eigenvalue weighted by atomic mass is 35.5.